The first-order chi connectivity index (χ1) is 13.2. The smallest absolute Gasteiger partial charge is 0.266 e. The Hall–Kier alpha value is -3.41. The van der Waals surface area contributed by atoms with Crippen LogP contribution >= 0.6 is 0 Å². The summed E-state index contributed by atoms with van der Waals surface area (Å²) in [4.78, 5) is 24.1. The van der Waals surface area contributed by atoms with Crippen molar-refractivity contribution < 1.29 is 9.53 Å². The van der Waals surface area contributed by atoms with Crippen molar-refractivity contribution in [1.29, 1.82) is 0 Å². The van der Waals surface area contributed by atoms with Crippen molar-refractivity contribution in [3.63, 3.8) is 0 Å². The van der Waals surface area contributed by atoms with E-state index in [0.717, 1.165) is 17.0 Å². The zero-order valence-electron chi connectivity index (χ0n) is 15.1. The van der Waals surface area contributed by atoms with Gasteiger partial charge in [-0.1, -0.05) is 30.3 Å². The van der Waals surface area contributed by atoms with Crippen LogP contribution in [0.25, 0.3) is 11.3 Å². The van der Waals surface area contributed by atoms with Crippen LogP contribution < -0.4 is 15.6 Å². The van der Waals surface area contributed by atoms with E-state index in [1.807, 2.05) is 54.6 Å². The predicted molar refractivity (Wildman–Crippen MR) is 105 cm³/mol. The highest BCUT2D eigenvalue weighted by Gasteiger charge is 2.07. The molecule has 1 aromatic heterocycles. The maximum Gasteiger partial charge on any atom is 0.266 e. The van der Waals surface area contributed by atoms with Crippen molar-refractivity contribution in [2.75, 3.05) is 12.4 Å². The van der Waals surface area contributed by atoms with E-state index >= 15 is 0 Å². The molecule has 0 saturated carbocycles. The number of nitrogens with one attached hydrogen (secondary N) is 1. The lowest BCUT2D eigenvalue weighted by Crippen LogP contribution is -2.23. The second kappa shape index (κ2) is 8.80. The number of benzene rings is 2. The van der Waals surface area contributed by atoms with Crippen LogP contribution in [-0.2, 0) is 11.3 Å². The third-order valence-corrected chi connectivity index (χ3v) is 4.06. The minimum absolute atomic E-state index is 0.0850. The molecule has 0 fully saturated rings. The van der Waals surface area contributed by atoms with Gasteiger partial charge in [-0.2, -0.15) is 5.10 Å². The van der Waals surface area contributed by atoms with Crippen LogP contribution in [0.5, 0.6) is 5.75 Å². The van der Waals surface area contributed by atoms with E-state index in [-0.39, 0.29) is 11.5 Å². The molecule has 3 aromatic rings. The number of rotatable bonds is 7. The first kappa shape index (κ1) is 18.4. The Morgan fingerprint density at radius 1 is 1.07 bits per heavy atom. The van der Waals surface area contributed by atoms with Crippen molar-refractivity contribution in [1.82, 2.24) is 9.78 Å². The van der Waals surface area contributed by atoms with Gasteiger partial charge in [-0.3, -0.25) is 9.59 Å². The fourth-order valence-corrected chi connectivity index (χ4v) is 2.68. The SMILES string of the molecule is COc1cccc(-c2ccc(=O)n(CCCC(=O)Nc3ccccc3)n2)c1. The molecule has 1 heterocycles. The average Bonchev–Trinajstić information content (AvgIpc) is 2.70. The van der Waals surface area contributed by atoms with Crippen LogP contribution in [0.15, 0.2) is 71.5 Å². The summed E-state index contributed by atoms with van der Waals surface area (Å²) in [7, 11) is 1.61. The van der Waals surface area contributed by atoms with E-state index < -0.39 is 0 Å². The Bertz CT molecular complexity index is 968. The van der Waals surface area contributed by atoms with E-state index in [2.05, 4.69) is 10.4 Å². The zero-order valence-corrected chi connectivity index (χ0v) is 15.1. The minimum atomic E-state index is -0.190. The molecular weight excluding hydrogens is 342 g/mol. The van der Waals surface area contributed by atoms with Gasteiger partial charge in [-0.25, -0.2) is 4.68 Å². The molecule has 0 unspecified atom stereocenters. The fraction of sp³-hybridized carbons (Fsp3) is 0.190. The molecule has 6 nitrogen and oxygen atoms in total. The lowest BCUT2D eigenvalue weighted by molar-refractivity contribution is -0.116. The Kier molecular flexibility index (Phi) is 5.99. The third kappa shape index (κ3) is 5.04. The molecule has 1 amide bonds. The van der Waals surface area contributed by atoms with E-state index in [4.69, 9.17) is 4.74 Å². The van der Waals surface area contributed by atoms with Gasteiger partial charge in [0.1, 0.15) is 5.75 Å². The van der Waals surface area contributed by atoms with Crippen LogP contribution in [0.3, 0.4) is 0 Å². The summed E-state index contributed by atoms with van der Waals surface area (Å²) in [6.07, 6.45) is 0.833. The summed E-state index contributed by atoms with van der Waals surface area (Å²) in [6.45, 7) is 0.374. The Morgan fingerprint density at radius 3 is 2.67 bits per heavy atom. The van der Waals surface area contributed by atoms with Crippen LogP contribution in [0.1, 0.15) is 12.8 Å². The van der Waals surface area contributed by atoms with Gasteiger partial charge in [-0.05, 0) is 36.8 Å². The molecule has 0 radical (unpaired) electrons. The van der Waals surface area contributed by atoms with Crippen LogP contribution in [-0.4, -0.2) is 22.8 Å². The molecule has 0 bridgehead atoms. The highest BCUT2D eigenvalue weighted by atomic mass is 16.5. The number of carbonyl (C=O) groups excluding carboxylic acids is 1. The summed E-state index contributed by atoms with van der Waals surface area (Å²) < 4.78 is 6.62. The molecule has 3 rings (SSSR count). The third-order valence-electron chi connectivity index (χ3n) is 4.06. The van der Waals surface area contributed by atoms with Gasteiger partial charge >= 0.3 is 0 Å². The standard InChI is InChI=1S/C21H21N3O3/c1-27-18-10-5-7-16(15-18)19-12-13-21(26)24(23-19)14-6-11-20(25)22-17-8-3-2-4-9-17/h2-5,7-10,12-13,15H,6,11,14H2,1H3,(H,22,25). The van der Waals surface area contributed by atoms with Gasteiger partial charge in [0, 0.05) is 30.3 Å². The van der Waals surface area contributed by atoms with Crippen molar-refractivity contribution in [3.8, 4) is 17.0 Å². The molecule has 0 aliphatic rings. The van der Waals surface area contributed by atoms with Gasteiger partial charge in [0.05, 0.1) is 12.8 Å². The number of methoxy groups -OCH3 is 1. The highest BCUT2D eigenvalue weighted by molar-refractivity contribution is 5.90. The van der Waals surface area contributed by atoms with Gasteiger partial charge in [0.25, 0.3) is 5.56 Å². The number of aromatic nitrogens is 2. The maximum atomic E-state index is 12.1. The monoisotopic (exact) mass is 363 g/mol. The van der Waals surface area contributed by atoms with Gasteiger partial charge < -0.3 is 10.1 Å². The Morgan fingerprint density at radius 2 is 1.89 bits per heavy atom. The molecule has 2 aromatic carbocycles. The lowest BCUT2D eigenvalue weighted by Gasteiger charge is -2.09. The summed E-state index contributed by atoms with van der Waals surface area (Å²) >= 11 is 0. The zero-order chi connectivity index (χ0) is 19.1. The first-order valence-corrected chi connectivity index (χ1v) is 8.73. The van der Waals surface area contributed by atoms with Crippen molar-refractivity contribution in [3.05, 3.63) is 77.1 Å². The van der Waals surface area contributed by atoms with E-state index in [1.54, 1.807) is 13.2 Å². The number of amides is 1. The van der Waals surface area contributed by atoms with Crippen molar-refractivity contribution >= 4 is 11.6 Å². The average molecular weight is 363 g/mol. The second-order valence-corrected chi connectivity index (χ2v) is 6.03. The van der Waals surface area contributed by atoms with Crippen molar-refractivity contribution in [2.24, 2.45) is 0 Å². The number of carbonyl (C=O) groups is 1. The predicted octanol–water partition coefficient (Wildman–Crippen LogP) is 3.34. The molecule has 27 heavy (non-hydrogen) atoms. The van der Waals surface area contributed by atoms with E-state index in [0.29, 0.717) is 25.1 Å². The van der Waals surface area contributed by atoms with E-state index in [1.165, 1.54) is 10.7 Å². The molecule has 0 aliphatic heterocycles. The number of nitrogens with zero attached hydrogens (tertiary/aromatic N) is 2. The van der Waals surface area contributed by atoms with Gasteiger partial charge in [0.15, 0.2) is 0 Å². The maximum absolute atomic E-state index is 12.1. The normalized spacial score (nSPS) is 10.4. The molecule has 0 aliphatic carbocycles. The van der Waals surface area contributed by atoms with Gasteiger partial charge in [-0.15, -0.1) is 0 Å². The molecule has 1 N–H and O–H groups in total. The highest BCUT2D eigenvalue weighted by Crippen LogP contribution is 2.21. The molecular formula is C21H21N3O3. The number of para-hydroxylation sites is 1. The van der Waals surface area contributed by atoms with E-state index in [9.17, 15) is 9.59 Å². The summed E-state index contributed by atoms with van der Waals surface area (Å²) in [5.74, 6) is 0.642. The molecule has 138 valence electrons. The number of hydrogen-bond acceptors (Lipinski definition) is 4. The van der Waals surface area contributed by atoms with Crippen LogP contribution in [0, 0.1) is 0 Å². The van der Waals surface area contributed by atoms with Crippen LogP contribution in [0.2, 0.25) is 0 Å². The number of anilines is 1. The number of aryl methyl sites for hydroxylation is 1. The summed E-state index contributed by atoms with van der Waals surface area (Å²) in [5.41, 5.74) is 2.12. The largest absolute Gasteiger partial charge is 0.497 e. The summed E-state index contributed by atoms with van der Waals surface area (Å²) in [6, 6.07) is 20.0. The number of ether oxygens (including phenoxy) is 1. The fourth-order valence-electron chi connectivity index (χ4n) is 2.68. The topological polar surface area (TPSA) is 73.2 Å². The molecule has 6 heteroatoms. The van der Waals surface area contributed by atoms with Gasteiger partial charge in [0.2, 0.25) is 5.91 Å². The minimum Gasteiger partial charge on any atom is -0.497 e. The Labute approximate surface area is 157 Å². The van der Waals surface area contributed by atoms with Crippen LogP contribution in [0.4, 0.5) is 5.69 Å². The quantitative estimate of drug-likeness (QED) is 0.699. The summed E-state index contributed by atoms with van der Waals surface area (Å²) in [5, 5.41) is 7.25. The lowest BCUT2D eigenvalue weighted by atomic mass is 10.1. The molecule has 0 spiro atoms. The number of hydrogen-bond donors (Lipinski definition) is 1. The first-order valence-electron chi connectivity index (χ1n) is 8.73. The Balaban J connectivity index is 1.63. The second-order valence-electron chi connectivity index (χ2n) is 6.03. The van der Waals surface area contributed by atoms with Crippen molar-refractivity contribution in [2.45, 2.75) is 19.4 Å². The molecule has 0 saturated heterocycles. The molecule has 0 atom stereocenters.